The number of hydrogen-bond donors (Lipinski definition) is 1. The van der Waals surface area contributed by atoms with E-state index in [2.05, 4.69) is 9.71 Å². The number of nitrogens with zero attached hydrogens (tertiary/aromatic N) is 1. The van der Waals surface area contributed by atoms with E-state index in [-0.39, 0.29) is 16.9 Å². The largest absolute Gasteiger partial charge is 0.591 e. The van der Waals surface area contributed by atoms with Gasteiger partial charge in [-0.25, -0.2) is 4.79 Å². The maximum atomic E-state index is 12.0. The fraction of sp³-hybridized carbons (Fsp3) is 0.867. The summed E-state index contributed by atoms with van der Waals surface area (Å²) in [6, 6.07) is 0.123. The van der Waals surface area contributed by atoms with E-state index >= 15 is 0 Å². The van der Waals surface area contributed by atoms with Gasteiger partial charge in [0.25, 0.3) is 0 Å². The minimum Gasteiger partial charge on any atom is -0.591 e. The molecule has 1 aliphatic rings. The highest BCUT2D eigenvalue weighted by Gasteiger charge is 2.35. The molecule has 21 heavy (non-hydrogen) atoms. The lowest BCUT2D eigenvalue weighted by molar-refractivity contribution is 0.0468. The van der Waals surface area contributed by atoms with Crippen molar-refractivity contribution in [3.05, 3.63) is 0 Å². The van der Waals surface area contributed by atoms with Crippen LogP contribution in [0.25, 0.3) is 0 Å². The standard InChI is InChI=1S/C15H28N2O3S/c1-10(17-21(19)15(5,6)7)11-8-12(9-11)16-13(18)20-14(2,3)4/h11-12H,8-9H2,1-7H3,(H,16,18). The zero-order valence-corrected chi connectivity index (χ0v) is 15.0. The molecule has 1 atom stereocenters. The zero-order valence-electron chi connectivity index (χ0n) is 14.1. The number of ether oxygens (including phenoxy) is 1. The van der Waals surface area contributed by atoms with Crippen LogP contribution >= 0.6 is 0 Å². The third kappa shape index (κ3) is 6.26. The van der Waals surface area contributed by atoms with Gasteiger partial charge < -0.3 is 14.6 Å². The van der Waals surface area contributed by atoms with Crippen molar-refractivity contribution in [2.75, 3.05) is 0 Å². The van der Waals surface area contributed by atoms with Crippen molar-refractivity contribution in [3.8, 4) is 0 Å². The average Bonchev–Trinajstić information content (AvgIpc) is 2.18. The molecule has 1 N–H and O–H groups in total. The maximum Gasteiger partial charge on any atom is 0.407 e. The molecule has 0 spiro atoms. The molecule has 1 aliphatic carbocycles. The fourth-order valence-corrected chi connectivity index (χ4v) is 2.58. The first-order valence-electron chi connectivity index (χ1n) is 7.35. The van der Waals surface area contributed by atoms with Gasteiger partial charge in [0.1, 0.15) is 21.7 Å². The molecule has 1 amide bonds. The predicted molar refractivity (Wildman–Crippen MR) is 86.9 cm³/mol. The van der Waals surface area contributed by atoms with Gasteiger partial charge in [-0.3, -0.25) is 0 Å². The number of carbonyl (C=O) groups excluding carboxylic acids is 1. The van der Waals surface area contributed by atoms with Crippen molar-refractivity contribution in [2.24, 2.45) is 10.3 Å². The summed E-state index contributed by atoms with van der Waals surface area (Å²) >= 11 is -1.22. The van der Waals surface area contributed by atoms with E-state index in [1.807, 2.05) is 48.5 Å². The van der Waals surface area contributed by atoms with Gasteiger partial charge >= 0.3 is 6.09 Å². The zero-order chi connectivity index (χ0) is 16.4. The summed E-state index contributed by atoms with van der Waals surface area (Å²) < 4.78 is 21.1. The van der Waals surface area contributed by atoms with Crippen LogP contribution in [0.15, 0.2) is 4.40 Å². The first kappa shape index (κ1) is 18.3. The maximum absolute atomic E-state index is 12.0. The van der Waals surface area contributed by atoms with Gasteiger partial charge in [0.15, 0.2) is 0 Å². The number of rotatable bonds is 3. The quantitative estimate of drug-likeness (QED) is 0.642. The van der Waals surface area contributed by atoms with Gasteiger partial charge in [0, 0.05) is 12.0 Å². The Labute approximate surface area is 131 Å². The summed E-state index contributed by atoms with van der Waals surface area (Å²) in [5.41, 5.74) is 0.430. The molecule has 122 valence electrons. The average molecular weight is 316 g/mol. The molecule has 1 rings (SSSR count). The molecule has 0 aromatic heterocycles. The molecule has 0 radical (unpaired) electrons. The molecule has 0 aliphatic heterocycles. The summed E-state index contributed by atoms with van der Waals surface area (Å²) in [6.07, 6.45) is 1.28. The van der Waals surface area contributed by atoms with E-state index in [0.29, 0.717) is 5.92 Å². The first-order chi connectivity index (χ1) is 9.38. The highest BCUT2D eigenvalue weighted by atomic mass is 32.2. The highest BCUT2D eigenvalue weighted by Crippen LogP contribution is 2.30. The van der Waals surface area contributed by atoms with Gasteiger partial charge in [0.05, 0.1) is 5.71 Å². The van der Waals surface area contributed by atoms with Gasteiger partial charge in [-0.2, -0.15) is 0 Å². The Morgan fingerprint density at radius 1 is 1.24 bits per heavy atom. The van der Waals surface area contributed by atoms with E-state index < -0.39 is 17.0 Å². The second-order valence-corrected chi connectivity index (χ2v) is 9.51. The normalized spacial score (nSPS) is 25.0. The van der Waals surface area contributed by atoms with Crippen LogP contribution in [0.4, 0.5) is 4.79 Å². The van der Waals surface area contributed by atoms with E-state index in [4.69, 9.17) is 4.74 Å². The molecule has 6 heteroatoms. The highest BCUT2D eigenvalue weighted by molar-refractivity contribution is 7.91. The lowest BCUT2D eigenvalue weighted by Gasteiger charge is -2.36. The number of nitrogens with one attached hydrogen (secondary N) is 1. The number of alkyl carbamates (subject to hydrolysis) is 1. The van der Waals surface area contributed by atoms with Crippen LogP contribution in [0.3, 0.4) is 0 Å². The predicted octanol–water partition coefficient (Wildman–Crippen LogP) is 3.21. The molecule has 0 heterocycles. The Morgan fingerprint density at radius 2 is 1.76 bits per heavy atom. The van der Waals surface area contributed by atoms with Crippen molar-refractivity contribution in [1.82, 2.24) is 5.32 Å². The van der Waals surface area contributed by atoms with Crippen LogP contribution in [0.2, 0.25) is 0 Å². The molecular formula is C15H28N2O3S. The van der Waals surface area contributed by atoms with Crippen molar-refractivity contribution in [2.45, 2.75) is 77.7 Å². The van der Waals surface area contributed by atoms with Crippen molar-refractivity contribution in [1.29, 1.82) is 0 Å². The summed E-state index contributed by atoms with van der Waals surface area (Å²) in [7, 11) is 0. The van der Waals surface area contributed by atoms with Gasteiger partial charge in [-0.1, -0.05) is 4.40 Å². The fourth-order valence-electron chi connectivity index (χ4n) is 1.89. The van der Waals surface area contributed by atoms with Crippen LogP contribution in [-0.2, 0) is 16.1 Å². The lowest BCUT2D eigenvalue weighted by Crippen LogP contribution is -2.48. The van der Waals surface area contributed by atoms with Crippen molar-refractivity contribution >= 4 is 23.2 Å². The Bertz CT molecular complexity index is 404. The van der Waals surface area contributed by atoms with Crippen LogP contribution < -0.4 is 5.32 Å². The molecule has 0 bridgehead atoms. The van der Waals surface area contributed by atoms with E-state index in [1.54, 1.807) is 0 Å². The first-order valence-corrected chi connectivity index (χ1v) is 8.46. The van der Waals surface area contributed by atoms with Gasteiger partial charge in [-0.15, -0.1) is 0 Å². The van der Waals surface area contributed by atoms with Crippen LogP contribution in [-0.4, -0.2) is 32.7 Å². The number of carbonyl (C=O) groups is 1. The SMILES string of the molecule is CC(=N[S+]([O-])C(C)(C)C)C1CC(NC(=O)OC(C)(C)C)C1. The monoisotopic (exact) mass is 316 g/mol. The van der Waals surface area contributed by atoms with Crippen LogP contribution in [0, 0.1) is 5.92 Å². The summed E-state index contributed by atoms with van der Waals surface area (Å²) in [5.74, 6) is 0.302. The van der Waals surface area contributed by atoms with E-state index in [0.717, 1.165) is 18.6 Å². The van der Waals surface area contributed by atoms with E-state index in [9.17, 15) is 9.35 Å². The third-order valence-electron chi connectivity index (χ3n) is 3.20. The molecule has 1 fully saturated rings. The Morgan fingerprint density at radius 3 is 2.19 bits per heavy atom. The minimum atomic E-state index is -1.22. The second kappa shape index (κ2) is 6.57. The molecule has 0 aromatic carbocycles. The Balaban J connectivity index is 2.39. The van der Waals surface area contributed by atoms with Crippen molar-refractivity contribution in [3.63, 3.8) is 0 Å². The van der Waals surface area contributed by atoms with Crippen molar-refractivity contribution < 1.29 is 14.1 Å². The second-order valence-electron chi connectivity index (χ2n) is 7.61. The molecule has 5 nitrogen and oxygen atoms in total. The minimum absolute atomic E-state index is 0.123. The number of amides is 1. The molecule has 1 saturated carbocycles. The van der Waals surface area contributed by atoms with Crippen LogP contribution in [0.1, 0.15) is 61.3 Å². The van der Waals surface area contributed by atoms with Gasteiger partial charge in [0.2, 0.25) is 0 Å². The van der Waals surface area contributed by atoms with Gasteiger partial charge in [-0.05, 0) is 61.3 Å². The smallest absolute Gasteiger partial charge is 0.407 e. The molecule has 1 unspecified atom stereocenters. The third-order valence-corrected chi connectivity index (χ3v) is 4.70. The molecule has 0 saturated heterocycles. The summed E-state index contributed by atoms with van der Waals surface area (Å²) in [5, 5.41) is 2.85. The topological polar surface area (TPSA) is 73.8 Å². The summed E-state index contributed by atoms with van der Waals surface area (Å²) in [4.78, 5) is 11.6. The lowest BCUT2D eigenvalue weighted by atomic mass is 9.78. The molecule has 0 aromatic rings. The Hall–Kier alpha value is -0.750. The molecular weight excluding hydrogens is 288 g/mol. The van der Waals surface area contributed by atoms with Crippen LogP contribution in [0.5, 0.6) is 0 Å². The Kier molecular flexibility index (Phi) is 5.72. The number of hydrogen-bond acceptors (Lipinski definition) is 4. The van der Waals surface area contributed by atoms with E-state index in [1.165, 1.54) is 0 Å². The summed E-state index contributed by atoms with van der Waals surface area (Å²) in [6.45, 7) is 13.2.